The number of aromatic nitrogens is 1. The zero-order valence-electron chi connectivity index (χ0n) is 6.54. The van der Waals surface area contributed by atoms with Crippen molar-refractivity contribution < 1.29 is 13.9 Å². The van der Waals surface area contributed by atoms with Crippen LogP contribution in [0.3, 0.4) is 0 Å². The van der Waals surface area contributed by atoms with Crippen LogP contribution in [0.5, 0.6) is 0 Å². The van der Waals surface area contributed by atoms with Gasteiger partial charge in [0, 0.05) is 11.8 Å². The molecule has 1 rings (SSSR count). The van der Waals surface area contributed by atoms with E-state index in [1.165, 1.54) is 0 Å². The maximum absolute atomic E-state index is 12.3. The van der Waals surface area contributed by atoms with Crippen molar-refractivity contribution >= 4 is 0 Å². The summed E-state index contributed by atoms with van der Waals surface area (Å²) in [5.41, 5.74) is -0.414. The van der Waals surface area contributed by atoms with Crippen LogP contribution in [0, 0.1) is 11.3 Å². The fourth-order valence-corrected chi connectivity index (χ4v) is 0.877. The van der Waals surface area contributed by atoms with Crippen molar-refractivity contribution in [3.8, 4) is 6.07 Å². The van der Waals surface area contributed by atoms with E-state index < -0.39 is 13.0 Å². The van der Waals surface area contributed by atoms with E-state index in [0.29, 0.717) is 0 Å². The summed E-state index contributed by atoms with van der Waals surface area (Å²) in [6, 6.07) is 2.64. The Morgan fingerprint density at radius 2 is 2.31 bits per heavy atom. The number of nitrogens with zero attached hydrogens (tertiary/aromatic N) is 2. The maximum atomic E-state index is 12.3. The zero-order valence-corrected chi connectivity index (χ0v) is 6.54. The van der Waals surface area contributed by atoms with Gasteiger partial charge in [-0.3, -0.25) is 4.98 Å². The summed E-state index contributed by atoms with van der Waals surface area (Å²) in [5, 5.41) is 17.1. The molecule has 1 heterocycles. The number of aliphatic hydroxyl groups is 1. The van der Waals surface area contributed by atoms with E-state index in [-0.39, 0.29) is 16.8 Å². The van der Waals surface area contributed by atoms with Crippen molar-refractivity contribution in [2.24, 2.45) is 0 Å². The van der Waals surface area contributed by atoms with Gasteiger partial charge in [-0.2, -0.15) is 5.26 Å². The first kappa shape index (κ1) is 9.55. The molecule has 68 valence electrons. The quantitative estimate of drug-likeness (QED) is 0.755. The molecule has 13 heavy (non-hydrogen) atoms. The van der Waals surface area contributed by atoms with Gasteiger partial charge in [-0.25, -0.2) is 8.78 Å². The molecule has 0 aliphatic carbocycles. The SMILES string of the molecule is N#Cc1cnc(CO)cc1C(F)F. The number of halogens is 2. The highest BCUT2D eigenvalue weighted by molar-refractivity contribution is 5.37. The second-order valence-electron chi connectivity index (χ2n) is 2.33. The van der Waals surface area contributed by atoms with Crippen LogP contribution >= 0.6 is 0 Å². The third-order valence-corrected chi connectivity index (χ3v) is 1.51. The molecule has 0 bridgehead atoms. The minimum atomic E-state index is -2.72. The number of rotatable bonds is 2. The Hall–Kier alpha value is -1.54. The van der Waals surface area contributed by atoms with E-state index >= 15 is 0 Å². The third-order valence-electron chi connectivity index (χ3n) is 1.51. The molecule has 0 saturated heterocycles. The van der Waals surface area contributed by atoms with E-state index in [0.717, 1.165) is 12.3 Å². The highest BCUT2D eigenvalue weighted by atomic mass is 19.3. The fourth-order valence-electron chi connectivity index (χ4n) is 0.877. The third kappa shape index (κ3) is 1.98. The number of pyridine rings is 1. The van der Waals surface area contributed by atoms with E-state index in [1.54, 1.807) is 6.07 Å². The van der Waals surface area contributed by atoms with Crippen LogP contribution in [0.2, 0.25) is 0 Å². The van der Waals surface area contributed by atoms with Gasteiger partial charge in [0.15, 0.2) is 0 Å². The molecular weight excluding hydrogens is 178 g/mol. The lowest BCUT2D eigenvalue weighted by molar-refractivity contribution is 0.150. The van der Waals surface area contributed by atoms with Gasteiger partial charge in [-0.05, 0) is 6.07 Å². The van der Waals surface area contributed by atoms with Gasteiger partial charge >= 0.3 is 0 Å². The first-order valence-corrected chi connectivity index (χ1v) is 3.47. The number of hydrogen-bond donors (Lipinski definition) is 1. The van der Waals surface area contributed by atoms with Crippen LogP contribution in [-0.2, 0) is 6.61 Å². The maximum Gasteiger partial charge on any atom is 0.265 e. The van der Waals surface area contributed by atoms with Crippen LogP contribution in [0.25, 0.3) is 0 Å². The normalized spacial score (nSPS) is 10.1. The van der Waals surface area contributed by atoms with Gasteiger partial charge in [0.05, 0.1) is 17.9 Å². The van der Waals surface area contributed by atoms with Crippen LogP contribution in [0.1, 0.15) is 23.2 Å². The summed E-state index contributed by atoms with van der Waals surface area (Å²) in [7, 11) is 0. The molecule has 0 aliphatic heterocycles. The Kier molecular flexibility index (Phi) is 2.88. The lowest BCUT2D eigenvalue weighted by Crippen LogP contribution is -1.96. The topological polar surface area (TPSA) is 56.9 Å². The van der Waals surface area contributed by atoms with Gasteiger partial charge < -0.3 is 5.11 Å². The van der Waals surface area contributed by atoms with Gasteiger partial charge in [-0.1, -0.05) is 0 Å². The van der Waals surface area contributed by atoms with Crippen LogP contribution in [0.15, 0.2) is 12.3 Å². The second kappa shape index (κ2) is 3.92. The fraction of sp³-hybridized carbons (Fsp3) is 0.250. The van der Waals surface area contributed by atoms with E-state index in [9.17, 15) is 8.78 Å². The Bertz CT molecular complexity index is 346. The first-order chi connectivity index (χ1) is 6.19. The van der Waals surface area contributed by atoms with Crippen molar-refractivity contribution in [3.05, 3.63) is 29.1 Å². The van der Waals surface area contributed by atoms with E-state index in [2.05, 4.69) is 4.98 Å². The smallest absolute Gasteiger partial charge is 0.265 e. The molecular formula is C8H6F2N2O. The monoisotopic (exact) mass is 184 g/mol. The molecule has 0 atom stereocenters. The lowest BCUT2D eigenvalue weighted by Gasteiger charge is -2.03. The number of alkyl halides is 2. The predicted molar refractivity (Wildman–Crippen MR) is 39.8 cm³/mol. The number of aliphatic hydroxyl groups excluding tert-OH is 1. The summed E-state index contributed by atoms with van der Waals surface area (Å²) in [6.07, 6.45) is -1.68. The molecule has 1 aromatic rings. The van der Waals surface area contributed by atoms with Crippen molar-refractivity contribution in [2.75, 3.05) is 0 Å². The molecule has 3 nitrogen and oxygen atoms in total. The molecule has 0 fully saturated rings. The van der Waals surface area contributed by atoms with Crippen molar-refractivity contribution in [1.29, 1.82) is 5.26 Å². The minimum absolute atomic E-state index is 0.134. The van der Waals surface area contributed by atoms with Gasteiger partial charge in [0.2, 0.25) is 0 Å². The van der Waals surface area contributed by atoms with Crippen LogP contribution in [-0.4, -0.2) is 10.1 Å². The molecule has 5 heteroatoms. The van der Waals surface area contributed by atoms with Crippen LogP contribution in [0.4, 0.5) is 8.78 Å². The lowest BCUT2D eigenvalue weighted by atomic mass is 10.1. The molecule has 0 saturated carbocycles. The zero-order chi connectivity index (χ0) is 9.84. The van der Waals surface area contributed by atoms with Gasteiger partial charge in [-0.15, -0.1) is 0 Å². The molecule has 0 spiro atoms. The summed E-state index contributed by atoms with van der Waals surface area (Å²) in [4.78, 5) is 3.61. The average Bonchev–Trinajstić information content (AvgIpc) is 2.16. The van der Waals surface area contributed by atoms with Crippen molar-refractivity contribution in [2.45, 2.75) is 13.0 Å². The summed E-state index contributed by atoms with van der Waals surface area (Å²) in [5.74, 6) is 0. The predicted octanol–water partition coefficient (Wildman–Crippen LogP) is 1.38. The Balaban J connectivity index is 3.20. The van der Waals surface area contributed by atoms with Crippen molar-refractivity contribution in [3.63, 3.8) is 0 Å². The second-order valence-corrected chi connectivity index (χ2v) is 2.33. The summed E-state index contributed by atoms with van der Waals surface area (Å²) in [6.45, 7) is -0.411. The van der Waals surface area contributed by atoms with Gasteiger partial charge in [0.1, 0.15) is 6.07 Å². The van der Waals surface area contributed by atoms with E-state index in [1.807, 2.05) is 0 Å². The molecule has 0 aromatic carbocycles. The molecule has 1 aromatic heterocycles. The highest BCUT2D eigenvalue weighted by Gasteiger charge is 2.13. The largest absolute Gasteiger partial charge is 0.390 e. The molecule has 0 radical (unpaired) electrons. The van der Waals surface area contributed by atoms with Gasteiger partial charge in [0.25, 0.3) is 6.43 Å². The van der Waals surface area contributed by atoms with E-state index in [4.69, 9.17) is 10.4 Å². The number of nitriles is 1. The summed E-state index contributed by atoms with van der Waals surface area (Å²) < 4.78 is 24.5. The molecule has 0 aliphatic rings. The first-order valence-electron chi connectivity index (χ1n) is 3.47. The highest BCUT2D eigenvalue weighted by Crippen LogP contribution is 2.22. The Morgan fingerprint density at radius 3 is 2.77 bits per heavy atom. The van der Waals surface area contributed by atoms with Crippen molar-refractivity contribution in [1.82, 2.24) is 4.98 Å². The Morgan fingerprint density at radius 1 is 1.62 bits per heavy atom. The van der Waals surface area contributed by atoms with Crippen LogP contribution < -0.4 is 0 Å². The summed E-state index contributed by atoms with van der Waals surface area (Å²) >= 11 is 0. The number of hydrogen-bond acceptors (Lipinski definition) is 3. The molecule has 1 N–H and O–H groups in total. The average molecular weight is 184 g/mol. The Labute approximate surface area is 73.3 Å². The molecule has 0 amide bonds. The minimum Gasteiger partial charge on any atom is -0.390 e. The standard InChI is InChI=1S/C8H6F2N2O/c9-8(10)7-1-6(4-13)12-3-5(7)2-11/h1,3,8,13H,4H2. The molecule has 0 unspecified atom stereocenters.